The maximum Gasteiger partial charge on any atom is 0.318 e. The second-order valence-electron chi connectivity index (χ2n) is 3.77. The molecule has 1 aromatic carbocycles. The zero-order valence-electron chi connectivity index (χ0n) is 10.4. The first-order valence-corrected chi connectivity index (χ1v) is 5.50. The Kier molecular flexibility index (Phi) is 5.13. The van der Waals surface area contributed by atoms with Gasteiger partial charge in [-0.15, -0.1) is 0 Å². The summed E-state index contributed by atoms with van der Waals surface area (Å²) in [5.41, 5.74) is 5.79. The number of benzene rings is 1. The molecule has 0 spiro atoms. The fourth-order valence-corrected chi connectivity index (χ4v) is 1.43. The van der Waals surface area contributed by atoms with Crippen LogP contribution < -0.4 is 21.1 Å². The standard InChI is InChI=1S/C12H17N3O3/c1-8(11(16)15-12(13)17)14-7-9-5-3-4-6-10(9)18-2/h3-6,8,14H,7H2,1-2H3,(H3,13,15,16,17). The van der Waals surface area contributed by atoms with E-state index in [1.165, 1.54) is 0 Å². The van der Waals surface area contributed by atoms with E-state index < -0.39 is 18.0 Å². The number of para-hydroxylation sites is 1. The number of nitrogens with two attached hydrogens (primary N) is 1. The van der Waals surface area contributed by atoms with Crippen LogP contribution in [0.25, 0.3) is 0 Å². The zero-order valence-corrected chi connectivity index (χ0v) is 10.4. The van der Waals surface area contributed by atoms with Crippen molar-refractivity contribution in [3.05, 3.63) is 29.8 Å². The minimum Gasteiger partial charge on any atom is -0.496 e. The van der Waals surface area contributed by atoms with Crippen molar-refractivity contribution in [1.82, 2.24) is 10.6 Å². The van der Waals surface area contributed by atoms with Gasteiger partial charge >= 0.3 is 6.03 Å². The molecule has 0 aliphatic rings. The summed E-state index contributed by atoms with van der Waals surface area (Å²) in [5, 5.41) is 4.99. The Hall–Kier alpha value is -2.08. The number of primary amides is 1. The lowest BCUT2D eigenvalue weighted by molar-refractivity contribution is -0.121. The van der Waals surface area contributed by atoms with Gasteiger partial charge in [-0.3, -0.25) is 10.1 Å². The van der Waals surface area contributed by atoms with Gasteiger partial charge in [0.2, 0.25) is 5.91 Å². The molecule has 3 amide bonds. The Morgan fingerprint density at radius 3 is 2.67 bits per heavy atom. The van der Waals surface area contributed by atoms with E-state index >= 15 is 0 Å². The van der Waals surface area contributed by atoms with Gasteiger partial charge in [0.25, 0.3) is 0 Å². The van der Waals surface area contributed by atoms with Gasteiger partial charge in [0.05, 0.1) is 13.2 Å². The van der Waals surface area contributed by atoms with Crippen LogP contribution in [-0.4, -0.2) is 25.1 Å². The van der Waals surface area contributed by atoms with Crippen molar-refractivity contribution in [3.8, 4) is 5.75 Å². The van der Waals surface area contributed by atoms with Gasteiger partial charge in [0.1, 0.15) is 5.75 Å². The minimum atomic E-state index is -0.856. The van der Waals surface area contributed by atoms with E-state index in [1.54, 1.807) is 14.0 Å². The fourth-order valence-electron chi connectivity index (χ4n) is 1.43. The van der Waals surface area contributed by atoms with Crippen molar-refractivity contribution in [1.29, 1.82) is 0 Å². The maximum absolute atomic E-state index is 11.4. The summed E-state index contributed by atoms with van der Waals surface area (Å²) in [6.07, 6.45) is 0. The number of amides is 3. The highest BCUT2D eigenvalue weighted by Crippen LogP contribution is 2.16. The van der Waals surface area contributed by atoms with Gasteiger partial charge in [0.15, 0.2) is 0 Å². The molecule has 6 heteroatoms. The predicted molar refractivity (Wildman–Crippen MR) is 67.0 cm³/mol. The quantitative estimate of drug-likeness (QED) is 0.704. The molecular formula is C12H17N3O3. The van der Waals surface area contributed by atoms with Gasteiger partial charge in [-0.05, 0) is 13.0 Å². The number of ether oxygens (including phenoxy) is 1. The molecule has 0 fully saturated rings. The largest absolute Gasteiger partial charge is 0.496 e. The molecule has 1 unspecified atom stereocenters. The highest BCUT2D eigenvalue weighted by atomic mass is 16.5. The van der Waals surface area contributed by atoms with Crippen LogP contribution in [0.3, 0.4) is 0 Å². The van der Waals surface area contributed by atoms with Gasteiger partial charge in [-0.2, -0.15) is 0 Å². The van der Waals surface area contributed by atoms with E-state index in [9.17, 15) is 9.59 Å². The van der Waals surface area contributed by atoms with Crippen LogP contribution in [0, 0.1) is 0 Å². The molecule has 0 aliphatic heterocycles. The third kappa shape index (κ3) is 4.06. The number of hydrogen-bond acceptors (Lipinski definition) is 4. The van der Waals surface area contributed by atoms with Crippen LogP contribution in [0.5, 0.6) is 5.75 Å². The zero-order chi connectivity index (χ0) is 13.5. The molecule has 0 saturated carbocycles. The highest BCUT2D eigenvalue weighted by Gasteiger charge is 2.14. The fraction of sp³-hybridized carbons (Fsp3) is 0.333. The smallest absolute Gasteiger partial charge is 0.318 e. The predicted octanol–water partition coefficient (Wildman–Crippen LogP) is 0.368. The number of nitrogens with one attached hydrogen (secondary N) is 2. The first-order chi connectivity index (χ1) is 8.54. The van der Waals surface area contributed by atoms with Crippen LogP contribution in [-0.2, 0) is 11.3 Å². The average molecular weight is 251 g/mol. The summed E-state index contributed by atoms with van der Waals surface area (Å²) in [6.45, 7) is 2.10. The number of rotatable bonds is 5. The second kappa shape index (κ2) is 6.61. The topological polar surface area (TPSA) is 93.4 Å². The molecule has 0 bridgehead atoms. The van der Waals surface area contributed by atoms with E-state index in [4.69, 9.17) is 10.5 Å². The normalized spacial score (nSPS) is 11.7. The van der Waals surface area contributed by atoms with E-state index in [0.717, 1.165) is 11.3 Å². The summed E-state index contributed by atoms with van der Waals surface area (Å²) in [6, 6.07) is 6.10. The SMILES string of the molecule is COc1ccccc1CNC(C)C(=O)NC(N)=O. The van der Waals surface area contributed by atoms with Gasteiger partial charge in [0, 0.05) is 12.1 Å². The highest BCUT2D eigenvalue weighted by molar-refractivity contribution is 5.96. The monoisotopic (exact) mass is 251 g/mol. The molecule has 6 nitrogen and oxygen atoms in total. The second-order valence-corrected chi connectivity index (χ2v) is 3.77. The molecule has 0 aliphatic carbocycles. The molecule has 1 atom stereocenters. The molecule has 0 radical (unpaired) electrons. The summed E-state index contributed by atoms with van der Waals surface area (Å²) in [5.74, 6) is 0.282. The number of urea groups is 1. The number of methoxy groups -OCH3 is 1. The number of carbonyl (C=O) groups excluding carboxylic acids is 2. The lowest BCUT2D eigenvalue weighted by Gasteiger charge is -2.14. The molecule has 4 N–H and O–H groups in total. The van der Waals surface area contributed by atoms with Crippen molar-refractivity contribution in [2.75, 3.05) is 7.11 Å². The Morgan fingerprint density at radius 1 is 1.39 bits per heavy atom. The van der Waals surface area contributed by atoms with Crippen LogP contribution in [0.1, 0.15) is 12.5 Å². The first kappa shape index (κ1) is 14.0. The molecule has 18 heavy (non-hydrogen) atoms. The summed E-state index contributed by atoms with van der Waals surface area (Å²) in [7, 11) is 1.59. The third-order valence-electron chi connectivity index (χ3n) is 2.43. The summed E-state index contributed by atoms with van der Waals surface area (Å²) >= 11 is 0. The third-order valence-corrected chi connectivity index (χ3v) is 2.43. The molecular weight excluding hydrogens is 234 g/mol. The molecule has 98 valence electrons. The Morgan fingerprint density at radius 2 is 2.06 bits per heavy atom. The van der Waals surface area contributed by atoms with Gasteiger partial charge in [-0.1, -0.05) is 18.2 Å². The van der Waals surface area contributed by atoms with Crippen molar-refractivity contribution < 1.29 is 14.3 Å². The Bertz CT molecular complexity index is 434. The first-order valence-electron chi connectivity index (χ1n) is 5.50. The summed E-state index contributed by atoms with van der Waals surface area (Å²) < 4.78 is 5.19. The maximum atomic E-state index is 11.4. The average Bonchev–Trinajstić information content (AvgIpc) is 2.35. The van der Waals surface area contributed by atoms with E-state index in [2.05, 4.69) is 5.32 Å². The van der Waals surface area contributed by atoms with Crippen LogP contribution in [0.15, 0.2) is 24.3 Å². The Labute approximate surface area is 105 Å². The molecule has 0 heterocycles. The van der Waals surface area contributed by atoms with Crippen LogP contribution in [0.2, 0.25) is 0 Å². The van der Waals surface area contributed by atoms with Crippen LogP contribution >= 0.6 is 0 Å². The van der Waals surface area contributed by atoms with Crippen LogP contribution in [0.4, 0.5) is 4.79 Å². The minimum absolute atomic E-state index is 0.456. The summed E-state index contributed by atoms with van der Waals surface area (Å²) in [4.78, 5) is 22.0. The van der Waals surface area contributed by atoms with E-state index in [1.807, 2.05) is 29.6 Å². The molecule has 1 rings (SSSR count). The molecule has 1 aromatic rings. The number of hydrogen-bond donors (Lipinski definition) is 3. The van der Waals surface area contributed by atoms with E-state index in [-0.39, 0.29) is 0 Å². The van der Waals surface area contributed by atoms with Crippen molar-refractivity contribution >= 4 is 11.9 Å². The lowest BCUT2D eigenvalue weighted by Crippen LogP contribution is -2.46. The number of imide groups is 1. The van der Waals surface area contributed by atoms with Crippen molar-refractivity contribution in [2.24, 2.45) is 5.73 Å². The van der Waals surface area contributed by atoms with Crippen molar-refractivity contribution in [2.45, 2.75) is 19.5 Å². The number of carbonyl (C=O) groups is 2. The Balaban J connectivity index is 2.54. The van der Waals surface area contributed by atoms with E-state index in [0.29, 0.717) is 6.54 Å². The van der Waals surface area contributed by atoms with Gasteiger partial charge < -0.3 is 15.8 Å². The molecule has 0 saturated heterocycles. The van der Waals surface area contributed by atoms with Crippen molar-refractivity contribution in [3.63, 3.8) is 0 Å². The lowest BCUT2D eigenvalue weighted by atomic mass is 10.2. The molecule has 0 aromatic heterocycles. The van der Waals surface area contributed by atoms with Gasteiger partial charge in [-0.25, -0.2) is 4.79 Å².